The number of benzene rings is 1. The molecule has 160 valence electrons. The molecule has 1 aliphatic carbocycles. The van der Waals surface area contributed by atoms with Crippen LogP contribution in [0.5, 0.6) is 0 Å². The molecule has 4 N–H and O–H groups in total. The molecular weight excluding hydrogens is 400 g/mol. The number of carbonyl (C=O) groups excluding carboxylic acids is 2. The van der Waals surface area contributed by atoms with E-state index < -0.39 is 23.7 Å². The molecule has 1 aromatic heterocycles. The molecule has 3 rings (SSSR count). The fourth-order valence-corrected chi connectivity index (χ4v) is 5.28. The summed E-state index contributed by atoms with van der Waals surface area (Å²) in [6.07, 6.45) is 2.65. The molecule has 0 radical (unpaired) electrons. The summed E-state index contributed by atoms with van der Waals surface area (Å²) in [4.78, 5) is 37.7. The minimum absolute atomic E-state index is 0.283. The Morgan fingerprint density at radius 3 is 2.23 bits per heavy atom. The summed E-state index contributed by atoms with van der Waals surface area (Å²) in [5.41, 5.74) is 8.76. The van der Waals surface area contributed by atoms with E-state index in [0.717, 1.165) is 28.8 Å². The lowest BCUT2D eigenvalue weighted by Gasteiger charge is -2.27. The highest BCUT2D eigenvalue weighted by molar-refractivity contribution is 7.17. The van der Waals surface area contributed by atoms with Gasteiger partial charge in [0.2, 0.25) is 5.91 Å². The number of carboxylic acid groups (broad SMARTS) is 1. The number of anilines is 1. The third-order valence-corrected chi connectivity index (χ3v) is 6.87. The van der Waals surface area contributed by atoms with E-state index in [1.54, 1.807) is 0 Å². The lowest BCUT2D eigenvalue weighted by atomic mass is 9.78. The van der Waals surface area contributed by atoms with Gasteiger partial charge in [0.1, 0.15) is 5.00 Å². The molecule has 0 spiro atoms. The monoisotopic (exact) mass is 428 g/mol. The Morgan fingerprint density at radius 2 is 1.70 bits per heavy atom. The molecule has 2 aromatic rings. The first-order valence-electron chi connectivity index (χ1n) is 10.3. The van der Waals surface area contributed by atoms with E-state index in [-0.39, 0.29) is 11.5 Å². The van der Waals surface area contributed by atoms with E-state index in [9.17, 15) is 19.5 Å². The molecule has 2 amide bonds. The Hall–Kier alpha value is -2.67. The highest BCUT2D eigenvalue weighted by Crippen LogP contribution is 2.41. The lowest BCUT2D eigenvalue weighted by Crippen LogP contribution is -2.36. The second kappa shape index (κ2) is 9.00. The highest BCUT2D eigenvalue weighted by atomic mass is 32.1. The number of nitrogens with one attached hydrogen (secondary N) is 1. The topological polar surface area (TPSA) is 109 Å². The molecule has 7 heteroatoms. The number of thiophene rings is 1. The number of aryl methyl sites for hydroxylation is 1. The van der Waals surface area contributed by atoms with Crippen LogP contribution in [-0.2, 0) is 9.59 Å². The van der Waals surface area contributed by atoms with Gasteiger partial charge in [-0.3, -0.25) is 14.4 Å². The SMILES string of the molecule is Cc1sc(NC(=O)[C@H]2CCCC[C@H]2C(=O)O)c(C(N)=O)c1-c1ccc(C(C)C)cc1. The van der Waals surface area contributed by atoms with Crippen LogP contribution in [0.15, 0.2) is 24.3 Å². The average Bonchev–Trinajstić information content (AvgIpc) is 3.03. The highest BCUT2D eigenvalue weighted by Gasteiger charge is 2.36. The lowest BCUT2D eigenvalue weighted by molar-refractivity contribution is -0.147. The van der Waals surface area contributed by atoms with Crippen molar-refractivity contribution in [3.8, 4) is 11.1 Å². The fraction of sp³-hybridized carbons (Fsp3) is 0.435. The van der Waals surface area contributed by atoms with Gasteiger partial charge in [-0.15, -0.1) is 11.3 Å². The Balaban J connectivity index is 1.94. The number of hydrogen-bond donors (Lipinski definition) is 3. The van der Waals surface area contributed by atoms with Crippen LogP contribution in [0.3, 0.4) is 0 Å². The van der Waals surface area contributed by atoms with Gasteiger partial charge in [-0.25, -0.2) is 0 Å². The molecule has 1 aromatic carbocycles. The van der Waals surface area contributed by atoms with Crippen molar-refractivity contribution in [2.45, 2.75) is 52.4 Å². The first-order valence-corrected chi connectivity index (χ1v) is 11.1. The van der Waals surface area contributed by atoms with Crippen molar-refractivity contribution in [3.05, 3.63) is 40.3 Å². The minimum Gasteiger partial charge on any atom is -0.481 e. The number of nitrogens with two attached hydrogens (primary N) is 1. The largest absolute Gasteiger partial charge is 0.481 e. The van der Waals surface area contributed by atoms with Crippen LogP contribution >= 0.6 is 11.3 Å². The van der Waals surface area contributed by atoms with Gasteiger partial charge >= 0.3 is 5.97 Å². The number of aliphatic carboxylic acids is 1. The minimum atomic E-state index is -0.946. The average molecular weight is 429 g/mol. The second-order valence-electron chi connectivity index (χ2n) is 8.20. The van der Waals surface area contributed by atoms with Gasteiger partial charge in [0.25, 0.3) is 5.91 Å². The van der Waals surface area contributed by atoms with Gasteiger partial charge in [-0.2, -0.15) is 0 Å². The van der Waals surface area contributed by atoms with Crippen LogP contribution in [0, 0.1) is 18.8 Å². The van der Waals surface area contributed by atoms with E-state index in [0.29, 0.717) is 23.8 Å². The fourth-order valence-electron chi connectivity index (χ4n) is 4.19. The van der Waals surface area contributed by atoms with Crippen molar-refractivity contribution < 1.29 is 19.5 Å². The molecule has 0 bridgehead atoms. The summed E-state index contributed by atoms with van der Waals surface area (Å²) in [6, 6.07) is 7.98. The number of carbonyl (C=O) groups is 3. The molecule has 2 atom stereocenters. The van der Waals surface area contributed by atoms with E-state index in [2.05, 4.69) is 19.2 Å². The van der Waals surface area contributed by atoms with Gasteiger partial charge in [-0.1, -0.05) is 51.0 Å². The standard InChI is InChI=1S/C23H28N2O4S/c1-12(2)14-8-10-15(11-9-14)18-13(3)30-22(19(18)20(24)26)25-21(27)16-6-4-5-7-17(16)23(28)29/h8-12,16-17H,4-7H2,1-3H3,(H2,24,26)(H,25,27)(H,28,29)/t16-,17+/m0/s1. The summed E-state index contributed by atoms with van der Waals surface area (Å²) >= 11 is 1.30. The molecule has 30 heavy (non-hydrogen) atoms. The van der Waals surface area contributed by atoms with Crippen molar-refractivity contribution >= 4 is 34.1 Å². The number of primary amides is 1. The van der Waals surface area contributed by atoms with Crippen LogP contribution in [0.4, 0.5) is 5.00 Å². The summed E-state index contributed by atoms with van der Waals surface area (Å²) in [5, 5.41) is 12.7. The second-order valence-corrected chi connectivity index (χ2v) is 9.43. The van der Waals surface area contributed by atoms with Crippen molar-refractivity contribution in [1.82, 2.24) is 0 Å². The molecule has 1 fully saturated rings. The molecule has 1 saturated carbocycles. The smallest absolute Gasteiger partial charge is 0.307 e. The first-order chi connectivity index (χ1) is 14.2. The van der Waals surface area contributed by atoms with Gasteiger partial charge in [-0.05, 0) is 36.8 Å². The zero-order valence-electron chi connectivity index (χ0n) is 17.5. The maximum atomic E-state index is 12.9. The predicted molar refractivity (Wildman–Crippen MR) is 119 cm³/mol. The number of amides is 2. The zero-order valence-corrected chi connectivity index (χ0v) is 18.3. The Morgan fingerprint density at radius 1 is 1.10 bits per heavy atom. The van der Waals surface area contributed by atoms with Crippen molar-refractivity contribution in [1.29, 1.82) is 0 Å². The molecule has 0 saturated heterocycles. The Bertz CT molecular complexity index is 962. The number of rotatable bonds is 6. The Labute approximate surface area is 180 Å². The summed E-state index contributed by atoms with van der Waals surface area (Å²) in [6.45, 7) is 6.12. The predicted octanol–water partition coefficient (Wildman–Crippen LogP) is 4.78. The maximum Gasteiger partial charge on any atom is 0.307 e. The van der Waals surface area contributed by atoms with Gasteiger partial charge in [0.15, 0.2) is 0 Å². The van der Waals surface area contributed by atoms with Crippen LogP contribution in [-0.4, -0.2) is 22.9 Å². The summed E-state index contributed by atoms with van der Waals surface area (Å²) < 4.78 is 0. The number of hydrogen-bond acceptors (Lipinski definition) is 4. The van der Waals surface area contributed by atoms with Crippen molar-refractivity contribution in [2.24, 2.45) is 17.6 Å². The van der Waals surface area contributed by atoms with Crippen molar-refractivity contribution in [3.63, 3.8) is 0 Å². The van der Waals surface area contributed by atoms with E-state index in [1.807, 2.05) is 31.2 Å². The van der Waals surface area contributed by atoms with Crippen LogP contribution in [0.1, 0.15) is 66.2 Å². The molecule has 0 aliphatic heterocycles. The maximum absolute atomic E-state index is 12.9. The van der Waals surface area contributed by atoms with Crippen LogP contribution in [0.2, 0.25) is 0 Å². The van der Waals surface area contributed by atoms with Crippen LogP contribution in [0.25, 0.3) is 11.1 Å². The van der Waals surface area contributed by atoms with Gasteiger partial charge < -0.3 is 16.2 Å². The van der Waals surface area contributed by atoms with Gasteiger partial charge in [0, 0.05) is 10.4 Å². The summed E-state index contributed by atoms with van der Waals surface area (Å²) in [5.74, 6) is -2.82. The Kier molecular flexibility index (Phi) is 6.61. The third kappa shape index (κ3) is 4.41. The molecule has 1 aliphatic rings. The molecular formula is C23H28N2O4S. The summed E-state index contributed by atoms with van der Waals surface area (Å²) in [7, 11) is 0. The normalized spacial score (nSPS) is 18.9. The first kappa shape index (κ1) is 22.0. The van der Waals surface area contributed by atoms with Crippen LogP contribution < -0.4 is 11.1 Å². The van der Waals surface area contributed by atoms with Gasteiger partial charge in [0.05, 0.1) is 17.4 Å². The van der Waals surface area contributed by atoms with E-state index in [4.69, 9.17) is 5.73 Å². The van der Waals surface area contributed by atoms with Crippen molar-refractivity contribution in [2.75, 3.05) is 5.32 Å². The quantitative estimate of drug-likeness (QED) is 0.615. The zero-order chi connectivity index (χ0) is 22.0. The van der Waals surface area contributed by atoms with E-state index in [1.165, 1.54) is 16.9 Å². The van der Waals surface area contributed by atoms with E-state index >= 15 is 0 Å². The molecule has 0 unspecified atom stereocenters. The molecule has 6 nitrogen and oxygen atoms in total. The third-order valence-electron chi connectivity index (χ3n) is 5.85. The molecule has 1 heterocycles. The number of carboxylic acids is 1.